The average molecular weight is 407 g/mol. The molecule has 152 valence electrons. The molecule has 28 heavy (non-hydrogen) atoms. The molecule has 0 saturated heterocycles. The van der Waals surface area contributed by atoms with Crippen LogP contribution in [0.2, 0.25) is 0 Å². The Balaban J connectivity index is 1.92. The van der Waals surface area contributed by atoms with Gasteiger partial charge in [-0.05, 0) is 37.1 Å². The summed E-state index contributed by atoms with van der Waals surface area (Å²) >= 11 is 0.842. The standard InChI is InChI=1S/C20H25NO6S/c1-2-3-4-11-27-16-7-5-14(6-8-16)17(22)12-15(19(24)25)9-10-21-18(23)13-28-20(21)26/h5-8,13,15,23H,2-4,9-12H2,1H3,(H,24,25). The molecule has 0 aliphatic heterocycles. The van der Waals surface area contributed by atoms with E-state index in [2.05, 4.69) is 6.92 Å². The topological polar surface area (TPSA) is 106 Å². The van der Waals surface area contributed by atoms with Crippen LogP contribution in [0.25, 0.3) is 0 Å². The van der Waals surface area contributed by atoms with E-state index in [1.54, 1.807) is 24.3 Å². The Kier molecular flexibility index (Phi) is 8.25. The van der Waals surface area contributed by atoms with Gasteiger partial charge in [0, 0.05) is 18.5 Å². The minimum Gasteiger partial charge on any atom is -0.494 e. The van der Waals surface area contributed by atoms with Crippen LogP contribution in [-0.2, 0) is 11.3 Å². The number of aliphatic carboxylic acids is 1. The molecule has 0 radical (unpaired) electrons. The van der Waals surface area contributed by atoms with E-state index in [-0.39, 0.29) is 35.9 Å². The van der Waals surface area contributed by atoms with Crippen LogP contribution in [-0.4, -0.2) is 33.1 Å². The van der Waals surface area contributed by atoms with Crippen molar-refractivity contribution in [1.29, 1.82) is 0 Å². The number of aromatic nitrogens is 1. The number of unbranched alkanes of at least 4 members (excludes halogenated alkanes) is 2. The third kappa shape index (κ3) is 6.23. The molecule has 0 bridgehead atoms. The molecule has 0 fully saturated rings. The molecule has 1 aromatic carbocycles. The lowest BCUT2D eigenvalue weighted by molar-refractivity contribution is -0.142. The number of hydrogen-bond donors (Lipinski definition) is 2. The Labute approximate surface area is 167 Å². The number of ketones is 1. The van der Waals surface area contributed by atoms with Gasteiger partial charge in [-0.15, -0.1) is 0 Å². The summed E-state index contributed by atoms with van der Waals surface area (Å²) in [5.41, 5.74) is 0.419. The smallest absolute Gasteiger partial charge is 0.309 e. The molecular formula is C20H25NO6S. The maximum atomic E-state index is 12.4. The van der Waals surface area contributed by atoms with Gasteiger partial charge in [0.2, 0.25) is 5.88 Å². The number of ether oxygens (including phenoxy) is 1. The lowest BCUT2D eigenvalue weighted by atomic mass is 9.95. The first kappa shape index (κ1) is 21.7. The zero-order valence-corrected chi connectivity index (χ0v) is 16.6. The van der Waals surface area contributed by atoms with Gasteiger partial charge in [-0.25, -0.2) is 0 Å². The quantitative estimate of drug-likeness (QED) is 0.412. The second-order valence-corrected chi connectivity index (χ2v) is 7.36. The van der Waals surface area contributed by atoms with E-state index < -0.39 is 11.9 Å². The molecule has 1 aromatic heterocycles. The maximum Gasteiger partial charge on any atom is 0.309 e. The van der Waals surface area contributed by atoms with E-state index in [1.165, 1.54) is 5.38 Å². The first-order valence-corrected chi connectivity index (χ1v) is 10.2. The third-order valence-electron chi connectivity index (χ3n) is 4.44. The molecule has 0 spiro atoms. The van der Waals surface area contributed by atoms with Gasteiger partial charge in [-0.1, -0.05) is 31.1 Å². The largest absolute Gasteiger partial charge is 0.494 e. The van der Waals surface area contributed by atoms with Crippen molar-refractivity contribution in [2.45, 2.75) is 45.6 Å². The molecular weight excluding hydrogens is 382 g/mol. The van der Waals surface area contributed by atoms with Gasteiger partial charge in [0.25, 0.3) is 0 Å². The fraction of sp³-hybridized carbons (Fsp3) is 0.450. The van der Waals surface area contributed by atoms with E-state index in [0.717, 1.165) is 35.2 Å². The molecule has 8 heteroatoms. The summed E-state index contributed by atoms with van der Waals surface area (Å²) < 4.78 is 6.71. The van der Waals surface area contributed by atoms with Gasteiger partial charge in [0.05, 0.1) is 17.9 Å². The summed E-state index contributed by atoms with van der Waals surface area (Å²) in [5, 5.41) is 20.3. The zero-order chi connectivity index (χ0) is 20.5. The van der Waals surface area contributed by atoms with E-state index in [0.29, 0.717) is 17.9 Å². The zero-order valence-electron chi connectivity index (χ0n) is 15.8. The third-order valence-corrected chi connectivity index (χ3v) is 5.19. The highest BCUT2D eigenvalue weighted by Crippen LogP contribution is 2.19. The summed E-state index contributed by atoms with van der Waals surface area (Å²) in [7, 11) is 0. The lowest BCUT2D eigenvalue weighted by Crippen LogP contribution is -2.22. The van der Waals surface area contributed by atoms with E-state index in [1.807, 2.05) is 0 Å². The average Bonchev–Trinajstić information content (AvgIpc) is 3.00. The Morgan fingerprint density at radius 2 is 1.93 bits per heavy atom. The van der Waals surface area contributed by atoms with Crippen LogP contribution in [0.15, 0.2) is 34.4 Å². The minimum absolute atomic E-state index is 0.0446. The van der Waals surface area contributed by atoms with E-state index >= 15 is 0 Å². The monoisotopic (exact) mass is 407 g/mol. The Morgan fingerprint density at radius 3 is 2.50 bits per heavy atom. The van der Waals surface area contributed by atoms with Crippen LogP contribution < -0.4 is 9.61 Å². The van der Waals surface area contributed by atoms with Crippen molar-refractivity contribution >= 4 is 23.1 Å². The Bertz CT molecular complexity index is 839. The number of carboxylic acids is 1. The highest BCUT2D eigenvalue weighted by molar-refractivity contribution is 7.07. The number of thiazole rings is 1. The number of rotatable bonds is 12. The summed E-state index contributed by atoms with van der Waals surface area (Å²) in [6.07, 6.45) is 3.08. The number of nitrogens with zero attached hydrogens (tertiary/aromatic N) is 1. The van der Waals surface area contributed by atoms with Crippen LogP contribution in [0, 0.1) is 5.92 Å². The van der Waals surface area contributed by atoms with E-state index in [9.17, 15) is 24.6 Å². The van der Waals surface area contributed by atoms with Gasteiger partial charge in [-0.3, -0.25) is 19.0 Å². The molecule has 0 amide bonds. The lowest BCUT2D eigenvalue weighted by Gasteiger charge is -2.12. The molecule has 7 nitrogen and oxygen atoms in total. The first-order chi connectivity index (χ1) is 13.4. The molecule has 2 rings (SSSR count). The summed E-state index contributed by atoms with van der Waals surface area (Å²) in [4.78, 5) is 35.2. The molecule has 1 atom stereocenters. The number of benzene rings is 1. The molecule has 0 saturated carbocycles. The number of carbonyl (C=O) groups is 2. The van der Waals surface area contributed by atoms with Crippen LogP contribution in [0.4, 0.5) is 0 Å². The van der Waals surface area contributed by atoms with Gasteiger partial charge in [0.1, 0.15) is 5.75 Å². The minimum atomic E-state index is -1.10. The molecule has 1 unspecified atom stereocenters. The fourth-order valence-electron chi connectivity index (χ4n) is 2.75. The van der Waals surface area contributed by atoms with Crippen molar-refractivity contribution < 1.29 is 24.5 Å². The van der Waals surface area contributed by atoms with Crippen LogP contribution in [0.5, 0.6) is 11.6 Å². The second-order valence-electron chi connectivity index (χ2n) is 6.54. The maximum absolute atomic E-state index is 12.4. The number of carboxylic acid groups (broad SMARTS) is 1. The van der Waals surface area contributed by atoms with Gasteiger partial charge >= 0.3 is 10.8 Å². The van der Waals surface area contributed by atoms with E-state index in [4.69, 9.17) is 4.74 Å². The van der Waals surface area contributed by atoms with Crippen LogP contribution >= 0.6 is 11.3 Å². The van der Waals surface area contributed by atoms with Crippen molar-refractivity contribution in [1.82, 2.24) is 4.57 Å². The summed E-state index contributed by atoms with van der Waals surface area (Å²) in [5.74, 6) is -1.85. The second kappa shape index (κ2) is 10.7. The Morgan fingerprint density at radius 1 is 1.21 bits per heavy atom. The Hall–Kier alpha value is -2.61. The predicted molar refractivity (Wildman–Crippen MR) is 106 cm³/mol. The van der Waals surface area contributed by atoms with Crippen molar-refractivity contribution in [3.05, 3.63) is 44.9 Å². The number of carbonyl (C=O) groups excluding carboxylic acids is 1. The van der Waals surface area contributed by atoms with Crippen molar-refractivity contribution in [2.75, 3.05) is 6.61 Å². The SMILES string of the molecule is CCCCCOc1ccc(C(=O)CC(CCn2c(O)csc2=O)C(=O)O)cc1. The summed E-state index contributed by atoms with van der Waals surface area (Å²) in [6.45, 7) is 2.78. The highest BCUT2D eigenvalue weighted by atomic mass is 32.1. The molecule has 0 aliphatic rings. The number of Topliss-reactive ketones (excluding diaryl/α,β-unsaturated/α-hetero) is 1. The molecule has 2 N–H and O–H groups in total. The van der Waals surface area contributed by atoms with Gasteiger partial charge < -0.3 is 14.9 Å². The fourth-order valence-corrected chi connectivity index (χ4v) is 3.39. The summed E-state index contributed by atoms with van der Waals surface area (Å²) in [6, 6.07) is 6.67. The van der Waals surface area contributed by atoms with Crippen LogP contribution in [0.3, 0.4) is 0 Å². The number of hydrogen-bond acceptors (Lipinski definition) is 6. The number of aromatic hydroxyl groups is 1. The van der Waals surface area contributed by atoms with Crippen molar-refractivity contribution in [3.63, 3.8) is 0 Å². The van der Waals surface area contributed by atoms with Crippen molar-refractivity contribution in [3.8, 4) is 11.6 Å². The molecule has 0 aliphatic carbocycles. The predicted octanol–water partition coefficient (Wildman–Crippen LogP) is 3.55. The van der Waals surface area contributed by atoms with Gasteiger partial charge in [-0.2, -0.15) is 0 Å². The van der Waals surface area contributed by atoms with Crippen molar-refractivity contribution in [2.24, 2.45) is 5.92 Å². The highest BCUT2D eigenvalue weighted by Gasteiger charge is 2.23. The van der Waals surface area contributed by atoms with Crippen LogP contribution in [0.1, 0.15) is 49.4 Å². The first-order valence-electron chi connectivity index (χ1n) is 9.28. The normalized spacial score (nSPS) is 11.9. The molecule has 2 aromatic rings. The van der Waals surface area contributed by atoms with Gasteiger partial charge in [0.15, 0.2) is 5.78 Å². The molecule has 1 heterocycles.